The van der Waals surface area contributed by atoms with Gasteiger partial charge in [-0.25, -0.2) is 0 Å². The van der Waals surface area contributed by atoms with Crippen molar-refractivity contribution in [3.05, 3.63) is 64.3 Å². The van der Waals surface area contributed by atoms with E-state index in [1.54, 1.807) is 42.5 Å². The first-order valence-corrected chi connectivity index (χ1v) is 7.28. The Morgan fingerprint density at radius 2 is 1.61 bits per heavy atom. The maximum absolute atomic E-state index is 12.6. The lowest BCUT2D eigenvalue weighted by molar-refractivity contribution is 0.0982. The van der Waals surface area contributed by atoms with Gasteiger partial charge in [0.25, 0.3) is 0 Å². The highest BCUT2D eigenvalue weighted by molar-refractivity contribution is 6.50. The molecule has 2 aromatic carbocycles. The fraction of sp³-hybridized carbons (Fsp3) is 0.0588. The molecule has 0 saturated carbocycles. The predicted octanol–water partition coefficient (Wildman–Crippen LogP) is 3.36. The van der Waals surface area contributed by atoms with Crippen molar-refractivity contribution in [3.8, 4) is 11.5 Å². The lowest BCUT2D eigenvalue weighted by Gasteiger charge is -2.19. The van der Waals surface area contributed by atoms with Gasteiger partial charge in [0.1, 0.15) is 10.7 Å². The maximum atomic E-state index is 12.6. The van der Waals surface area contributed by atoms with Crippen LogP contribution in [0.5, 0.6) is 11.5 Å². The highest BCUT2D eigenvalue weighted by atomic mass is 35.5. The van der Waals surface area contributed by atoms with E-state index < -0.39 is 0 Å². The largest absolute Gasteiger partial charge is 0.454 e. The number of nitrogens with one attached hydrogen (secondary N) is 1. The molecule has 114 valence electrons. The molecule has 1 N–H and O–H groups in total. The molecule has 5 nitrogen and oxygen atoms in total. The number of Topliss-reactive ketones (excluding diaryl/α,β-unsaturated/α-hetero) is 2. The second-order valence-corrected chi connectivity index (χ2v) is 5.46. The highest BCUT2D eigenvalue weighted by Crippen LogP contribution is 2.36. The van der Waals surface area contributed by atoms with E-state index in [1.165, 1.54) is 0 Å². The van der Waals surface area contributed by atoms with E-state index in [0.29, 0.717) is 28.3 Å². The number of rotatable bonds is 2. The molecule has 6 heteroatoms. The maximum Gasteiger partial charge on any atom is 0.231 e. The molecule has 0 radical (unpaired) electrons. The van der Waals surface area contributed by atoms with Crippen molar-refractivity contribution in [1.82, 2.24) is 0 Å². The summed E-state index contributed by atoms with van der Waals surface area (Å²) in [5.41, 5.74) is 1.31. The Hall–Kier alpha value is -2.79. The van der Waals surface area contributed by atoms with Gasteiger partial charge in [-0.3, -0.25) is 9.59 Å². The lowest BCUT2D eigenvalue weighted by atomic mass is 9.92. The number of ketones is 2. The molecule has 0 spiro atoms. The number of fused-ring (bicyclic) bond motifs is 2. The fourth-order valence-corrected chi connectivity index (χ4v) is 2.81. The fourth-order valence-electron chi connectivity index (χ4n) is 2.58. The van der Waals surface area contributed by atoms with Crippen molar-refractivity contribution in [2.24, 2.45) is 0 Å². The SMILES string of the molecule is O=C1C(Cl)=C(Nc2ccc3c(c2)OCO3)C(=O)c2ccccc21. The Morgan fingerprint density at radius 3 is 2.39 bits per heavy atom. The van der Waals surface area contributed by atoms with E-state index in [-0.39, 0.29) is 29.1 Å². The van der Waals surface area contributed by atoms with Crippen LogP contribution in [0.2, 0.25) is 0 Å². The molecule has 1 aliphatic carbocycles. The van der Waals surface area contributed by atoms with Crippen molar-refractivity contribution in [2.75, 3.05) is 12.1 Å². The summed E-state index contributed by atoms with van der Waals surface area (Å²) in [7, 11) is 0. The van der Waals surface area contributed by atoms with E-state index >= 15 is 0 Å². The summed E-state index contributed by atoms with van der Waals surface area (Å²) in [5, 5.41) is 2.80. The number of hydrogen-bond acceptors (Lipinski definition) is 5. The molecule has 4 rings (SSSR count). The summed E-state index contributed by atoms with van der Waals surface area (Å²) in [6.45, 7) is 0.160. The van der Waals surface area contributed by atoms with Crippen LogP contribution in [0.4, 0.5) is 5.69 Å². The van der Waals surface area contributed by atoms with Crippen molar-refractivity contribution < 1.29 is 19.1 Å². The van der Waals surface area contributed by atoms with Gasteiger partial charge in [0.2, 0.25) is 18.4 Å². The highest BCUT2D eigenvalue weighted by Gasteiger charge is 2.31. The van der Waals surface area contributed by atoms with Gasteiger partial charge in [0.05, 0.1) is 0 Å². The Bertz CT molecular complexity index is 888. The molecule has 0 bridgehead atoms. The second-order valence-electron chi connectivity index (χ2n) is 5.09. The van der Waals surface area contributed by atoms with Gasteiger partial charge in [-0.1, -0.05) is 35.9 Å². The topological polar surface area (TPSA) is 64.6 Å². The summed E-state index contributed by atoms with van der Waals surface area (Å²) in [5.74, 6) is 0.515. The smallest absolute Gasteiger partial charge is 0.231 e. The zero-order chi connectivity index (χ0) is 16.0. The van der Waals surface area contributed by atoms with Gasteiger partial charge in [-0.05, 0) is 12.1 Å². The number of carbonyl (C=O) groups excluding carboxylic acids is 2. The van der Waals surface area contributed by atoms with Gasteiger partial charge >= 0.3 is 0 Å². The van der Waals surface area contributed by atoms with Crippen LogP contribution in [0, 0.1) is 0 Å². The molecule has 1 aliphatic heterocycles. The van der Waals surface area contributed by atoms with Gasteiger partial charge in [-0.2, -0.15) is 0 Å². The van der Waals surface area contributed by atoms with Gasteiger partial charge < -0.3 is 14.8 Å². The molecule has 2 aromatic rings. The van der Waals surface area contributed by atoms with Gasteiger partial charge in [0, 0.05) is 22.9 Å². The zero-order valence-electron chi connectivity index (χ0n) is 11.8. The molecule has 0 fully saturated rings. The number of allylic oxidation sites excluding steroid dienone is 2. The number of anilines is 1. The normalized spacial score (nSPS) is 15.7. The Balaban J connectivity index is 1.73. The zero-order valence-corrected chi connectivity index (χ0v) is 12.5. The third-order valence-electron chi connectivity index (χ3n) is 3.70. The third kappa shape index (κ3) is 2.17. The van der Waals surface area contributed by atoms with E-state index in [4.69, 9.17) is 21.1 Å². The minimum atomic E-state index is -0.370. The van der Waals surface area contributed by atoms with Gasteiger partial charge in [-0.15, -0.1) is 0 Å². The van der Waals surface area contributed by atoms with Crippen LogP contribution >= 0.6 is 11.6 Å². The Labute approximate surface area is 136 Å². The average molecular weight is 328 g/mol. The molecule has 23 heavy (non-hydrogen) atoms. The minimum Gasteiger partial charge on any atom is -0.454 e. The molecule has 2 aliphatic rings. The summed E-state index contributed by atoms with van der Waals surface area (Å²) in [6, 6.07) is 11.8. The third-order valence-corrected chi connectivity index (χ3v) is 4.06. The van der Waals surface area contributed by atoms with Crippen LogP contribution in [0.3, 0.4) is 0 Å². The van der Waals surface area contributed by atoms with E-state index in [0.717, 1.165) is 0 Å². The first kappa shape index (κ1) is 13.8. The van der Waals surface area contributed by atoms with Gasteiger partial charge in [0.15, 0.2) is 11.5 Å². The van der Waals surface area contributed by atoms with Crippen LogP contribution < -0.4 is 14.8 Å². The number of hydrogen-bond donors (Lipinski definition) is 1. The summed E-state index contributed by atoms with van der Waals surface area (Å²) >= 11 is 6.11. The van der Waals surface area contributed by atoms with Crippen molar-refractivity contribution in [1.29, 1.82) is 0 Å². The van der Waals surface area contributed by atoms with E-state index in [2.05, 4.69) is 5.32 Å². The van der Waals surface area contributed by atoms with E-state index in [9.17, 15) is 9.59 Å². The quantitative estimate of drug-likeness (QED) is 0.916. The Morgan fingerprint density at radius 1 is 0.913 bits per heavy atom. The van der Waals surface area contributed by atoms with E-state index in [1.807, 2.05) is 0 Å². The van der Waals surface area contributed by atoms with Crippen LogP contribution in [-0.2, 0) is 0 Å². The standard InChI is InChI=1S/C17H10ClNO4/c18-14-15(17(21)11-4-2-1-3-10(11)16(14)20)19-9-5-6-12-13(7-9)23-8-22-12/h1-7,19H,8H2. The molecule has 0 unspecified atom stereocenters. The van der Waals surface area contributed by atoms with Crippen molar-refractivity contribution in [3.63, 3.8) is 0 Å². The summed E-state index contributed by atoms with van der Waals surface area (Å²) < 4.78 is 10.5. The second kappa shape index (κ2) is 5.14. The monoisotopic (exact) mass is 327 g/mol. The molecule has 0 amide bonds. The van der Waals surface area contributed by atoms with Crippen molar-refractivity contribution in [2.45, 2.75) is 0 Å². The molecule has 1 heterocycles. The summed E-state index contributed by atoms with van der Waals surface area (Å²) in [6.07, 6.45) is 0. The number of benzene rings is 2. The van der Waals surface area contributed by atoms with Crippen LogP contribution in [-0.4, -0.2) is 18.4 Å². The minimum absolute atomic E-state index is 0.0641. The molecule has 0 saturated heterocycles. The first-order chi connectivity index (χ1) is 11.1. The van der Waals surface area contributed by atoms with Crippen LogP contribution in [0.25, 0.3) is 0 Å². The molecule has 0 aromatic heterocycles. The summed E-state index contributed by atoms with van der Waals surface area (Å²) in [4.78, 5) is 24.9. The predicted molar refractivity (Wildman–Crippen MR) is 84.2 cm³/mol. The number of ether oxygens (including phenoxy) is 2. The average Bonchev–Trinajstić information content (AvgIpc) is 3.04. The van der Waals surface area contributed by atoms with Crippen molar-refractivity contribution >= 4 is 28.9 Å². The molecule has 0 atom stereocenters. The molecular formula is C17H10ClNO4. The van der Waals surface area contributed by atoms with Crippen LogP contribution in [0.1, 0.15) is 20.7 Å². The first-order valence-electron chi connectivity index (χ1n) is 6.90. The van der Waals surface area contributed by atoms with Crippen LogP contribution in [0.15, 0.2) is 53.2 Å². The number of halogens is 1. The number of carbonyl (C=O) groups is 2. The lowest BCUT2D eigenvalue weighted by Crippen LogP contribution is -2.24. The molecular weight excluding hydrogens is 318 g/mol. The Kier molecular flexibility index (Phi) is 3.09.